The zero-order valence-electron chi connectivity index (χ0n) is 32.0. The topological polar surface area (TPSA) is 142 Å². The van der Waals surface area contributed by atoms with Crippen molar-refractivity contribution in [3.8, 4) is 28.7 Å². The van der Waals surface area contributed by atoms with Gasteiger partial charge in [-0.05, 0) is 90.8 Å². The number of phenolic OH excluding ortho intramolecular Hbond substituents is 5. The molecule has 1 aliphatic carbocycles. The van der Waals surface area contributed by atoms with E-state index in [1.54, 1.807) is 12.1 Å². The number of fused-ring (bicyclic) bond motifs is 10. The lowest BCUT2D eigenvalue weighted by Gasteiger charge is -2.19. The second-order valence-corrected chi connectivity index (χ2v) is 15.2. The summed E-state index contributed by atoms with van der Waals surface area (Å²) in [6.07, 6.45) is 5.25. The molecule has 0 radical (unpaired) electrons. The molecule has 5 aromatic carbocycles. The Bertz CT molecular complexity index is 2080. The number of aromatic hydroxyl groups is 5. The van der Waals surface area contributed by atoms with Gasteiger partial charge in [0.05, 0.1) is 0 Å². The highest BCUT2D eigenvalue weighted by Gasteiger charge is 2.22. The van der Waals surface area contributed by atoms with Crippen molar-refractivity contribution in [1.29, 1.82) is 0 Å². The van der Waals surface area contributed by atoms with E-state index in [0.29, 0.717) is 67.9 Å². The molecule has 6 rings (SSSR count). The summed E-state index contributed by atoms with van der Waals surface area (Å²) < 4.78 is 0. The van der Waals surface area contributed by atoms with Gasteiger partial charge in [0.2, 0.25) is 0 Å². The van der Waals surface area contributed by atoms with Crippen molar-refractivity contribution < 1.29 is 30.3 Å². The van der Waals surface area contributed by atoms with Crippen LogP contribution in [0, 0.1) is 27.7 Å². The van der Waals surface area contributed by atoms with Crippen LogP contribution in [0.5, 0.6) is 28.7 Å². The third kappa shape index (κ3) is 8.60. The molecule has 282 valence electrons. The summed E-state index contributed by atoms with van der Waals surface area (Å²) >= 11 is 0. The van der Waals surface area contributed by atoms with E-state index in [1.807, 2.05) is 76.2 Å². The summed E-state index contributed by atoms with van der Waals surface area (Å²) in [7, 11) is 0. The highest BCUT2D eigenvalue weighted by atomic mass is 16.3. The number of amides is 2. The monoisotopic (exact) mass is 728 g/mol. The van der Waals surface area contributed by atoms with Crippen molar-refractivity contribution in [2.45, 2.75) is 92.4 Å². The summed E-state index contributed by atoms with van der Waals surface area (Å²) in [5.41, 5.74) is 10.2. The van der Waals surface area contributed by atoms with Crippen LogP contribution in [0.15, 0.2) is 60.7 Å². The molecule has 0 spiro atoms. The van der Waals surface area contributed by atoms with Crippen LogP contribution in [0.1, 0.15) is 110 Å². The fourth-order valence-corrected chi connectivity index (χ4v) is 7.87. The summed E-state index contributed by atoms with van der Waals surface area (Å²) in [5, 5.41) is 64.4. The molecule has 8 nitrogen and oxygen atoms in total. The molecule has 10 bridgehead atoms. The Morgan fingerprint density at radius 2 is 0.741 bits per heavy atom. The number of carbonyl (C=O) groups is 1. The van der Waals surface area contributed by atoms with Crippen LogP contribution < -0.4 is 10.6 Å². The van der Waals surface area contributed by atoms with E-state index in [9.17, 15) is 30.3 Å². The maximum atomic E-state index is 13.0. The number of nitrogens with one attached hydrogen (secondary N) is 2. The Hall–Kier alpha value is -5.63. The number of carbonyl (C=O) groups excluding carboxylic acids is 1. The molecule has 7 N–H and O–H groups in total. The van der Waals surface area contributed by atoms with Crippen LogP contribution in [-0.4, -0.2) is 38.1 Å². The van der Waals surface area contributed by atoms with Gasteiger partial charge in [-0.15, -0.1) is 0 Å². The average Bonchev–Trinajstić information content (AvgIpc) is 3.10. The summed E-state index contributed by atoms with van der Waals surface area (Å²) in [6.45, 7) is 10.5. The van der Waals surface area contributed by atoms with E-state index in [0.717, 1.165) is 47.9 Å². The van der Waals surface area contributed by atoms with Crippen molar-refractivity contribution in [3.63, 3.8) is 0 Å². The summed E-state index contributed by atoms with van der Waals surface area (Å²) in [6, 6.07) is 18.3. The molecular formula is C46H52N2O6. The number of unbranched alkanes of at least 4 members (excludes halogenated alkanes) is 3. The first-order chi connectivity index (χ1) is 25.8. The largest absolute Gasteiger partial charge is 0.507 e. The molecule has 0 heterocycles. The van der Waals surface area contributed by atoms with E-state index < -0.39 is 0 Å². The summed E-state index contributed by atoms with van der Waals surface area (Å²) in [4.78, 5) is 13.0. The Balaban J connectivity index is 1.51. The van der Waals surface area contributed by atoms with Crippen molar-refractivity contribution in [1.82, 2.24) is 5.32 Å². The van der Waals surface area contributed by atoms with Gasteiger partial charge in [0.1, 0.15) is 28.7 Å². The van der Waals surface area contributed by atoms with Crippen LogP contribution in [0.25, 0.3) is 0 Å². The number of benzene rings is 5. The fraction of sp³-hybridized carbons (Fsp3) is 0.326. The molecular weight excluding hydrogens is 677 g/mol. The van der Waals surface area contributed by atoms with E-state index in [-0.39, 0.29) is 66.9 Å². The van der Waals surface area contributed by atoms with Gasteiger partial charge in [0.15, 0.2) is 0 Å². The van der Waals surface area contributed by atoms with Crippen LogP contribution in [0.4, 0.5) is 10.5 Å². The smallest absolute Gasteiger partial charge is 0.319 e. The minimum absolute atomic E-state index is 0.00165. The molecule has 0 aromatic heterocycles. The average molecular weight is 729 g/mol. The normalized spacial score (nSPS) is 12.6. The Labute approximate surface area is 318 Å². The molecule has 0 saturated heterocycles. The van der Waals surface area contributed by atoms with Crippen molar-refractivity contribution in [3.05, 3.63) is 139 Å². The van der Waals surface area contributed by atoms with Gasteiger partial charge in [0.25, 0.3) is 0 Å². The molecule has 1 aliphatic rings. The number of anilines is 1. The minimum Gasteiger partial charge on any atom is -0.507 e. The van der Waals surface area contributed by atoms with Gasteiger partial charge >= 0.3 is 6.03 Å². The highest BCUT2D eigenvalue weighted by molar-refractivity contribution is 5.89. The van der Waals surface area contributed by atoms with E-state index in [1.165, 1.54) is 0 Å². The second kappa shape index (κ2) is 16.2. The number of phenols is 5. The second-order valence-electron chi connectivity index (χ2n) is 15.2. The van der Waals surface area contributed by atoms with E-state index in [4.69, 9.17) is 0 Å². The van der Waals surface area contributed by atoms with Gasteiger partial charge in [0, 0.05) is 55.5 Å². The number of hydrogen-bond donors (Lipinski definition) is 7. The lowest BCUT2D eigenvalue weighted by atomic mass is 9.89. The minimum atomic E-state index is -0.355. The molecule has 0 saturated carbocycles. The first-order valence-corrected chi connectivity index (χ1v) is 18.9. The third-order valence-corrected chi connectivity index (χ3v) is 10.4. The fourth-order valence-electron chi connectivity index (χ4n) is 7.87. The summed E-state index contributed by atoms with van der Waals surface area (Å²) in [5.74, 6) is 0.324. The highest BCUT2D eigenvalue weighted by Crippen LogP contribution is 2.40. The van der Waals surface area contributed by atoms with Gasteiger partial charge in [-0.3, -0.25) is 0 Å². The number of urea groups is 1. The quantitative estimate of drug-likeness (QED) is 0.0673. The first-order valence-electron chi connectivity index (χ1n) is 18.9. The van der Waals surface area contributed by atoms with Crippen molar-refractivity contribution in [2.24, 2.45) is 0 Å². The van der Waals surface area contributed by atoms with Gasteiger partial charge < -0.3 is 36.2 Å². The first kappa shape index (κ1) is 38.1. The zero-order chi connectivity index (χ0) is 38.7. The van der Waals surface area contributed by atoms with E-state index >= 15 is 0 Å². The number of rotatable bonds is 6. The van der Waals surface area contributed by atoms with Gasteiger partial charge in [-0.2, -0.15) is 0 Å². The lowest BCUT2D eigenvalue weighted by Crippen LogP contribution is -2.29. The standard InChI is InChI=1S/C46H52N2O6/c1-6-7-8-9-10-47-46(54)48-40-24-38-22-36-17-28(4)15-34(43(36)51)20-32-13-26(2)11-30(41(32)49)19-31-12-27(3)14-33(42(31)50)21-35-16-29(5)18-37(44(35)52)23-39(25-40)45(38)53/h11-18,24-25,49-53H,6-10,19-23H2,1-5H3,(H2,47,48,54). The predicted molar refractivity (Wildman–Crippen MR) is 215 cm³/mol. The Morgan fingerprint density at radius 3 is 1.02 bits per heavy atom. The molecule has 0 aliphatic heterocycles. The molecule has 0 fully saturated rings. The van der Waals surface area contributed by atoms with Crippen molar-refractivity contribution >= 4 is 11.7 Å². The van der Waals surface area contributed by atoms with Gasteiger partial charge in [-0.1, -0.05) is 97.0 Å². The van der Waals surface area contributed by atoms with E-state index in [2.05, 4.69) is 17.6 Å². The Kier molecular flexibility index (Phi) is 11.4. The number of aryl methyl sites for hydroxylation is 4. The predicted octanol–water partition coefficient (Wildman–Crippen LogP) is 9.42. The SMILES string of the molecule is CCCCCCNC(=O)Nc1cc2c(O)c(c1)Cc1cc(C)cc(c1O)Cc1cc(C)cc(c1O)Cc1cc(C)cc(c1O)Cc1cc(C)cc(c1O)C2. The molecule has 2 amide bonds. The van der Waals surface area contributed by atoms with Crippen molar-refractivity contribution in [2.75, 3.05) is 11.9 Å². The molecule has 54 heavy (non-hydrogen) atoms. The maximum absolute atomic E-state index is 13.0. The molecule has 0 atom stereocenters. The Morgan fingerprint density at radius 1 is 0.463 bits per heavy atom. The number of hydrogen-bond acceptors (Lipinski definition) is 6. The maximum Gasteiger partial charge on any atom is 0.319 e. The van der Waals surface area contributed by atoms with Crippen LogP contribution >= 0.6 is 0 Å². The lowest BCUT2D eigenvalue weighted by molar-refractivity contribution is 0.252. The molecule has 5 aromatic rings. The third-order valence-electron chi connectivity index (χ3n) is 10.4. The molecule has 0 unspecified atom stereocenters. The molecule has 8 heteroatoms. The van der Waals surface area contributed by atoms with Crippen LogP contribution in [0.3, 0.4) is 0 Å². The van der Waals surface area contributed by atoms with Gasteiger partial charge in [-0.25, -0.2) is 4.79 Å². The zero-order valence-corrected chi connectivity index (χ0v) is 32.0. The van der Waals surface area contributed by atoms with Crippen LogP contribution in [0.2, 0.25) is 0 Å². The van der Waals surface area contributed by atoms with Crippen LogP contribution in [-0.2, 0) is 32.1 Å².